The van der Waals surface area contributed by atoms with Crippen molar-refractivity contribution >= 4 is 11.4 Å². The maximum absolute atomic E-state index is 10.00. The Hall–Kier alpha value is -2.18. The normalized spacial score (nSPS) is 12.5. The molecule has 0 saturated heterocycles. The molecule has 6 nitrogen and oxygen atoms in total. The number of anilines is 2. The minimum Gasteiger partial charge on any atom is -0.397 e. The van der Waals surface area contributed by atoms with Gasteiger partial charge in [-0.15, -0.1) is 0 Å². The molecule has 0 aliphatic heterocycles. The van der Waals surface area contributed by atoms with E-state index in [9.17, 15) is 10.2 Å². The van der Waals surface area contributed by atoms with Gasteiger partial charge in [0.25, 0.3) is 0 Å². The van der Waals surface area contributed by atoms with E-state index in [0.717, 1.165) is 11.1 Å². The van der Waals surface area contributed by atoms with Crippen LogP contribution in [0.3, 0.4) is 0 Å². The Bertz CT molecular complexity index is 639. The first-order chi connectivity index (χ1) is 10.00. The van der Waals surface area contributed by atoms with Crippen molar-refractivity contribution in [2.24, 2.45) is 0 Å². The lowest BCUT2D eigenvalue weighted by Crippen LogP contribution is -2.20. The molecular weight excluding hydrogens is 280 g/mol. The number of nitrogens with zero attached hydrogens (tertiary/aromatic N) is 2. The highest BCUT2D eigenvalue weighted by Crippen LogP contribution is 2.31. The van der Waals surface area contributed by atoms with Crippen molar-refractivity contribution < 1.29 is 10.2 Å². The van der Waals surface area contributed by atoms with Crippen LogP contribution in [0.1, 0.15) is 39.1 Å². The first-order valence-corrected chi connectivity index (χ1v) is 6.97. The largest absolute Gasteiger partial charge is 0.397 e. The van der Waals surface area contributed by atoms with Crippen molar-refractivity contribution in [1.82, 2.24) is 9.97 Å². The summed E-state index contributed by atoms with van der Waals surface area (Å²) >= 11 is 0. The van der Waals surface area contributed by atoms with E-state index in [-0.39, 0.29) is 0 Å². The van der Waals surface area contributed by atoms with Crippen molar-refractivity contribution in [3.63, 3.8) is 0 Å². The molecule has 2 heterocycles. The van der Waals surface area contributed by atoms with Crippen LogP contribution in [0.5, 0.6) is 0 Å². The van der Waals surface area contributed by atoms with Crippen LogP contribution in [0.4, 0.5) is 11.4 Å². The Morgan fingerprint density at radius 3 is 1.32 bits per heavy atom. The molecule has 2 rings (SSSR count). The summed E-state index contributed by atoms with van der Waals surface area (Å²) in [5, 5.41) is 20.0. The molecule has 6 N–H and O–H groups in total. The first kappa shape index (κ1) is 16.2. The van der Waals surface area contributed by atoms with Crippen LogP contribution in [0, 0.1) is 0 Å². The van der Waals surface area contributed by atoms with Crippen LogP contribution in [0.15, 0.2) is 24.5 Å². The van der Waals surface area contributed by atoms with E-state index in [0.29, 0.717) is 22.8 Å². The Morgan fingerprint density at radius 2 is 1.09 bits per heavy atom. The molecule has 2 aromatic heterocycles. The Balaban J connectivity index is 2.46. The molecule has 6 heteroatoms. The summed E-state index contributed by atoms with van der Waals surface area (Å²) in [6.07, 6.45) is 3.23. The number of hydrogen-bond acceptors (Lipinski definition) is 6. The summed E-state index contributed by atoms with van der Waals surface area (Å²) in [5.74, 6) is 0. The highest BCUT2D eigenvalue weighted by molar-refractivity contribution is 5.70. The van der Waals surface area contributed by atoms with Gasteiger partial charge in [0.15, 0.2) is 0 Å². The first-order valence-electron chi connectivity index (χ1n) is 6.97. The maximum Gasteiger partial charge on any atom is 0.103 e. The van der Waals surface area contributed by atoms with Crippen LogP contribution in [0.25, 0.3) is 11.1 Å². The lowest BCUT2D eigenvalue weighted by Gasteiger charge is -2.20. The van der Waals surface area contributed by atoms with Gasteiger partial charge in [-0.25, -0.2) is 0 Å². The van der Waals surface area contributed by atoms with Crippen LogP contribution in [-0.4, -0.2) is 20.2 Å². The molecule has 0 aliphatic carbocycles. The second-order valence-electron chi connectivity index (χ2n) is 6.44. The molecule has 0 spiro atoms. The van der Waals surface area contributed by atoms with Crippen LogP contribution in [0.2, 0.25) is 0 Å². The van der Waals surface area contributed by atoms with Crippen molar-refractivity contribution in [2.45, 2.75) is 38.9 Å². The third-order valence-corrected chi connectivity index (χ3v) is 3.33. The number of pyridine rings is 2. The summed E-state index contributed by atoms with van der Waals surface area (Å²) in [5.41, 5.74) is 12.8. The lowest BCUT2D eigenvalue weighted by atomic mass is 9.98. The predicted octanol–water partition coefficient (Wildman–Crippen LogP) is 1.76. The van der Waals surface area contributed by atoms with Gasteiger partial charge in [-0.1, -0.05) is 0 Å². The number of aromatic nitrogens is 2. The third-order valence-electron chi connectivity index (χ3n) is 3.33. The molecule has 2 aromatic rings. The summed E-state index contributed by atoms with van der Waals surface area (Å²) in [6, 6.07) is 3.45. The Kier molecular flexibility index (Phi) is 3.85. The summed E-state index contributed by atoms with van der Waals surface area (Å²) in [4.78, 5) is 8.47. The van der Waals surface area contributed by atoms with E-state index in [4.69, 9.17) is 11.5 Å². The fourth-order valence-electron chi connectivity index (χ4n) is 2.30. The highest BCUT2D eigenvalue weighted by atomic mass is 16.3. The Labute approximate surface area is 129 Å². The van der Waals surface area contributed by atoms with Crippen LogP contribution < -0.4 is 11.5 Å². The SMILES string of the molecule is CC(C)(O)c1ncc(-c2cnc(C(C)(C)O)c(N)c2)cc1N. The van der Waals surface area contributed by atoms with Crippen LogP contribution in [-0.2, 0) is 11.2 Å². The van der Waals surface area contributed by atoms with Crippen LogP contribution >= 0.6 is 0 Å². The minimum absolute atomic E-state index is 0.398. The monoisotopic (exact) mass is 302 g/mol. The fourth-order valence-corrected chi connectivity index (χ4v) is 2.30. The van der Waals surface area contributed by atoms with E-state index >= 15 is 0 Å². The molecule has 0 unspecified atom stereocenters. The lowest BCUT2D eigenvalue weighted by molar-refractivity contribution is 0.0741. The van der Waals surface area contributed by atoms with E-state index in [1.54, 1.807) is 52.2 Å². The summed E-state index contributed by atoms with van der Waals surface area (Å²) in [7, 11) is 0. The van der Waals surface area contributed by atoms with Gasteiger partial charge in [-0.3, -0.25) is 9.97 Å². The topological polar surface area (TPSA) is 118 Å². The summed E-state index contributed by atoms with van der Waals surface area (Å²) in [6.45, 7) is 6.51. The zero-order valence-corrected chi connectivity index (χ0v) is 13.3. The smallest absolute Gasteiger partial charge is 0.103 e. The zero-order valence-electron chi connectivity index (χ0n) is 13.3. The Morgan fingerprint density at radius 1 is 0.773 bits per heavy atom. The highest BCUT2D eigenvalue weighted by Gasteiger charge is 2.23. The van der Waals surface area contributed by atoms with Gasteiger partial charge in [0.05, 0.1) is 22.8 Å². The molecule has 0 aromatic carbocycles. The molecule has 118 valence electrons. The quantitative estimate of drug-likeness (QED) is 0.686. The van der Waals surface area contributed by atoms with Gasteiger partial charge in [-0.2, -0.15) is 0 Å². The molecule has 0 aliphatic rings. The molecule has 0 amide bonds. The molecule has 0 bridgehead atoms. The van der Waals surface area contributed by atoms with Crippen molar-refractivity contribution in [1.29, 1.82) is 0 Å². The summed E-state index contributed by atoms with van der Waals surface area (Å²) < 4.78 is 0. The molecule has 22 heavy (non-hydrogen) atoms. The zero-order chi connectivity index (χ0) is 16.7. The van der Waals surface area contributed by atoms with Crippen molar-refractivity contribution in [3.8, 4) is 11.1 Å². The maximum atomic E-state index is 10.00. The van der Waals surface area contributed by atoms with E-state index in [1.807, 2.05) is 0 Å². The van der Waals surface area contributed by atoms with Crippen molar-refractivity contribution in [3.05, 3.63) is 35.9 Å². The molecule has 0 atom stereocenters. The van der Waals surface area contributed by atoms with Gasteiger partial charge in [0.2, 0.25) is 0 Å². The second kappa shape index (κ2) is 5.23. The number of nitrogens with two attached hydrogens (primary N) is 2. The molecular formula is C16H22N4O2. The predicted molar refractivity (Wildman–Crippen MR) is 86.8 cm³/mol. The molecule has 0 radical (unpaired) electrons. The van der Waals surface area contributed by atoms with Gasteiger partial charge in [0.1, 0.15) is 11.2 Å². The van der Waals surface area contributed by atoms with E-state index in [2.05, 4.69) is 9.97 Å². The molecule has 0 saturated carbocycles. The van der Waals surface area contributed by atoms with E-state index < -0.39 is 11.2 Å². The average Bonchev–Trinajstić information content (AvgIpc) is 2.35. The van der Waals surface area contributed by atoms with Gasteiger partial charge in [-0.05, 0) is 39.8 Å². The average molecular weight is 302 g/mol. The van der Waals surface area contributed by atoms with E-state index in [1.165, 1.54) is 0 Å². The second-order valence-corrected chi connectivity index (χ2v) is 6.44. The van der Waals surface area contributed by atoms with Gasteiger partial charge >= 0.3 is 0 Å². The number of hydrogen-bond donors (Lipinski definition) is 4. The van der Waals surface area contributed by atoms with Gasteiger partial charge in [0, 0.05) is 23.5 Å². The number of rotatable bonds is 3. The number of nitrogen functional groups attached to an aromatic ring is 2. The van der Waals surface area contributed by atoms with Crippen molar-refractivity contribution in [2.75, 3.05) is 11.5 Å². The minimum atomic E-state index is -1.11. The van der Waals surface area contributed by atoms with Gasteiger partial charge < -0.3 is 21.7 Å². The fraction of sp³-hybridized carbons (Fsp3) is 0.375. The molecule has 0 fully saturated rings. The number of aliphatic hydroxyl groups is 2. The third kappa shape index (κ3) is 3.18. The standard InChI is InChI=1S/C16H22N4O2/c1-15(2,21)13-11(17)5-9(7-19-13)10-6-12(18)14(20-8-10)16(3,4)22/h5-8,21-22H,17-18H2,1-4H3.